The van der Waals surface area contributed by atoms with Crippen LogP contribution in [0.3, 0.4) is 0 Å². The fraction of sp³-hybridized carbons (Fsp3) is 0.417. The van der Waals surface area contributed by atoms with Crippen LogP contribution in [0.2, 0.25) is 0 Å². The van der Waals surface area contributed by atoms with Crippen molar-refractivity contribution < 1.29 is 14.3 Å². The first-order chi connectivity index (χ1) is 14.2. The molecule has 0 unspecified atom stereocenters. The lowest BCUT2D eigenvalue weighted by Gasteiger charge is -2.31. The van der Waals surface area contributed by atoms with Crippen molar-refractivity contribution in [2.45, 2.75) is 57.1 Å². The van der Waals surface area contributed by atoms with E-state index in [2.05, 4.69) is 5.32 Å². The van der Waals surface area contributed by atoms with Crippen LogP contribution in [-0.4, -0.2) is 41.2 Å². The third-order valence-electron chi connectivity index (χ3n) is 4.51. The van der Waals surface area contributed by atoms with Gasteiger partial charge < -0.3 is 15.0 Å². The summed E-state index contributed by atoms with van der Waals surface area (Å²) in [6.45, 7) is 7.96. The molecule has 0 aromatic heterocycles. The number of carbonyl (C=O) groups excluding carboxylic acids is 2. The zero-order chi connectivity index (χ0) is 22.1. The van der Waals surface area contributed by atoms with Crippen LogP contribution in [0.5, 0.6) is 5.75 Å². The van der Waals surface area contributed by atoms with E-state index in [-0.39, 0.29) is 17.4 Å². The summed E-state index contributed by atoms with van der Waals surface area (Å²) >= 11 is 1.64. The van der Waals surface area contributed by atoms with E-state index in [1.165, 1.54) is 0 Å². The van der Waals surface area contributed by atoms with E-state index >= 15 is 0 Å². The van der Waals surface area contributed by atoms with Gasteiger partial charge in [0.05, 0.1) is 7.11 Å². The van der Waals surface area contributed by atoms with Crippen LogP contribution in [0.15, 0.2) is 59.5 Å². The molecule has 5 nitrogen and oxygen atoms in total. The molecule has 2 aromatic carbocycles. The van der Waals surface area contributed by atoms with E-state index in [1.54, 1.807) is 30.7 Å². The Hall–Kier alpha value is -2.47. The predicted molar refractivity (Wildman–Crippen MR) is 123 cm³/mol. The molecular weight excluding hydrogens is 396 g/mol. The predicted octanol–water partition coefficient (Wildman–Crippen LogP) is 4.51. The van der Waals surface area contributed by atoms with Gasteiger partial charge in [0.15, 0.2) is 0 Å². The molecule has 6 heteroatoms. The highest BCUT2D eigenvalue weighted by molar-refractivity contribution is 7.99. The Labute approximate surface area is 184 Å². The highest BCUT2D eigenvalue weighted by Gasteiger charge is 2.28. The second-order valence-corrected chi connectivity index (χ2v) is 9.36. The van der Waals surface area contributed by atoms with E-state index in [4.69, 9.17) is 4.74 Å². The summed E-state index contributed by atoms with van der Waals surface area (Å²) in [5, 5.41) is 2.98. The van der Waals surface area contributed by atoms with Crippen molar-refractivity contribution in [2.75, 3.05) is 12.9 Å². The molecule has 0 spiro atoms. The monoisotopic (exact) mass is 428 g/mol. The fourth-order valence-electron chi connectivity index (χ4n) is 2.90. The number of nitrogens with one attached hydrogen (secondary N) is 1. The molecule has 2 amide bonds. The van der Waals surface area contributed by atoms with Crippen molar-refractivity contribution in [3.05, 3.63) is 60.2 Å². The second-order valence-electron chi connectivity index (χ2n) is 8.20. The number of rotatable bonds is 9. The molecule has 0 bridgehead atoms. The molecular formula is C24H32N2O3S. The van der Waals surface area contributed by atoms with Crippen molar-refractivity contribution in [3.8, 4) is 5.75 Å². The summed E-state index contributed by atoms with van der Waals surface area (Å²) in [6, 6.07) is 17.0. The minimum absolute atomic E-state index is 0.0363. The van der Waals surface area contributed by atoms with Gasteiger partial charge in [0.2, 0.25) is 11.8 Å². The quantitative estimate of drug-likeness (QED) is 0.597. The number of benzene rings is 2. The molecule has 0 saturated heterocycles. The Bertz CT molecular complexity index is 817. The van der Waals surface area contributed by atoms with Crippen molar-refractivity contribution in [3.63, 3.8) is 0 Å². The van der Waals surface area contributed by atoms with E-state index in [0.29, 0.717) is 18.7 Å². The minimum Gasteiger partial charge on any atom is -0.497 e. The maximum atomic E-state index is 13.1. The number of methoxy groups -OCH3 is 1. The number of hydrogen-bond acceptors (Lipinski definition) is 4. The van der Waals surface area contributed by atoms with Crippen LogP contribution in [0.4, 0.5) is 0 Å². The maximum Gasteiger partial charge on any atom is 0.242 e. The van der Waals surface area contributed by atoms with Crippen molar-refractivity contribution >= 4 is 23.6 Å². The zero-order valence-corrected chi connectivity index (χ0v) is 19.3. The summed E-state index contributed by atoms with van der Waals surface area (Å²) in [5.74, 6) is 1.23. The molecule has 162 valence electrons. The first-order valence-electron chi connectivity index (χ1n) is 10.1. The van der Waals surface area contributed by atoms with Gasteiger partial charge in [-0.3, -0.25) is 9.59 Å². The molecule has 0 aliphatic carbocycles. The van der Waals surface area contributed by atoms with E-state index in [1.807, 2.05) is 75.4 Å². The van der Waals surface area contributed by atoms with Crippen LogP contribution in [0.1, 0.15) is 39.7 Å². The lowest BCUT2D eigenvalue weighted by atomic mass is 10.1. The van der Waals surface area contributed by atoms with Gasteiger partial charge in [0.25, 0.3) is 0 Å². The topological polar surface area (TPSA) is 58.6 Å². The SMILES string of the molecule is COc1ccc(CN(C(=O)CCSc2ccccc2)[C@H](C)C(=O)NC(C)(C)C)cc1. The van der Waals surface area contributed by atoms with E-state index in [9.17, 15) is 9.59 Å². The molecule has 30 heavy (non-hydrogen) atoms. The summed E-state index contributed by atoms with van der Waals surface area (Å²) in [4.78, 5) is 28.6. The molecule has 2 rings (SSSR count). The van der Waals surface area contributed by atoms with Gasteiger partial charge in [-0.2, -0.15) is 0 Å². The Morgan fingerprint density at radius 3 is 2.27 bits per heavy atom. The second kappa shape index (κ2) is 11.1. The summed E-state index contributed by atoms with van der Waals surface area (Å²) < 4.78 is 5.21. The zero-order valence-electron chi connectivity index (χ0n) is 18.5. The highest BCUT2D eigenvalue weighted by atomic mass is 32.2. The van der Waals surface area contributed by atoms with Gasteiger partial charge in [-0.15, -0.1) is 11.8 Å². The van der Waals surface area contributed by atoms with Crippen molar-refractivity contribution in [1.82, 2.24) is 10.2 Å². The Morgan fingerprint density at radius 1 is 1.07 bits per heavy atom. The molecule has 2 aromatic rings. The number of thioether (sulfide) groups is 1. The number of ether oxygens (including phenoxy) is 1. The van der Waals surface area contributed by atoms with E-state index < -0.39 is 6.04 Å². The van der Waals surface area contributed by atoms with Crippen LogP contribution >= 0.6 is 11.8 Å². The van der Waals surface area contributed by atoms with Crippen LogP contribution in [-0.2, 0) is 16.1 Å². The van der Waals surface area contributed by atoms with Crippen molar-refractivity contribution in [1.29, 1.82) is 0 Å². The fourth-order valence-corrected chi connectivity index (χ4v) is 3.76. The summed E-state index contributed by atoms with van der Waals surface area (Å²) in [5.41, 5.74) is 0.596. The van der Waals surface area contributed by atoms with Crippen LogP contribution < -0.4 is 10.1 Å². The van der Waals surface area contributed by atoms with E-state index in [0.717, 1.165) is 16.2 Å². The van der Waals surface area contributed by atoms with Crippen LogP contribution in [0, 0.1) is 0 Å². The lowest BCUT2D eigenvalue weighted by molar-refractivity contribution is -0.140. The van der Waals surface area contributed by atoms with Gasteiger partial charge in [0.1, 0.15) is 11.8 Å². The number of hydrogen-bond donors (Lipinski definition) is 1. The molecule has 0 heterocycles. The van der Waals surface area contributed by atoms with Gasteiger partial charge >= 0.3 is 0 Å². The first kappa shape index (κ1) is 23.8. The number of nitrogens with zero attached hydrogens (tertiary/aromatic N) is 1. The molecule has 0 aliphatic heterocycles. The molecule has 0 aliphatic rings. The highest BCUT2D eigenvalue weighted by Crippen LogP contribution is 2.20. The lowest BCUT2D eigenvalue weighted by Crippen LogP contribution is -2.52. The third kappa shape index (κ3) is 7.75. The Balaban J connectivity index is 2.09. The average Bonchev–Trinajstić information content (AvgIpc) is 2.71. The van der Waals surface area contributed by atoms with Crippen molar-refractivity contribution in [2.24, 2.45) is 0 Å². The van der Waals surface area contributed by atoms with Gasteiger partial charge in [-0.05, 0) is 57.5 Å². The summed E-state index contributed by atoms with van der Waals surface area (Å²) in [6.07, 6.45) is 0.364. The van der Waals surface area contributed by atoms with Crippen LogP contribution in [0.25, 0.3) is 0 Å². The molecule has 0 saturated carbocycles. The smallest absolute Gasteiger partial charge is 0.242 e. The van der Waals surface area contributed by atoms with Gasteiger partial charge in [-0.1, -0.05) is 30.3 Å². The van der Waals surface area contributed by atoms with Gasteiger partial charge in [-0.25, -0.2) is 0 Å². The molecule has 0 radical (unpaired) electrons. The standard InChI is InChI=1S/C24H32N2O3S/c1-18(23(28)25-24(2,3)4)26(17-19-11-13-20(29-5)14-12-19)22(27)15-16-30-21-9-7-6-8-10-21/h6-14,18H,15-17H2,1-5H3,(H,25,28)/t18-/m1/s1. The van der Waals surface area contributed by atoms with Gasteiger partial charge in [0, 0.05) is 29.2 Å². The number of amides is 2. The molecule has 0 fully saturated rings. The third-order valence-corrected chi connectivity index (χ3v) is 5.52. The maximum absolute atomic E-state index is 13.1. The average molecular weight is 429 g/mol. The summed E-state index contributed by atoms with van der Waals surface area (Å²) in [7, 11) is 1.62. The minimum atomic E-state index is -0.569. The molecule has 1 atom stereocenters. The Morgan fingerprint density at radius 2 is 1.70 bits per heavy atom. The number of carbonyl (C=O) groups is 2. The normalized spacial score (nSPS) is 12.2. The Kier molecular flexibility index (Phi) is 8.78. The molecule has 1 N–H and O–H groups in total. The largest absolute Gasteiger partial charge is 0.497 e. The first-order valence-corrected chi connectivity index (χ1v) is 11.1.